The lowest BCUT2D eigenvalue weighted by Gasteiger charge is -2.07. The summed E-state index contributed by atoms with van der Waals surface area (Å²) in [6.07, 6.45) is 3.56. The van der Waals surface area contributed by atoms with E-state index in [4.69, 9.17) is 4.74 Å². The maximum atomic E-state index is 10.9. The van der Waals surface area contributed by atoms with E-state index in [0.29, 0.717) is 17.2 Å². The third kappa shape index (κ3) is 7.93. The van der Waals surface area contributed by atoms with Gasteiger partial charge in [0.25, 0.3) is 0 Å². The number of carbonyl (C=O) groups is 1. The lowest BCUT2D eigenvalue weighted by Crippen LogP contribution is -2.05. The van der Waals surface area contributed by atoms with Gasteiger partial charge in [-0.2, -0.15) is 0 Å². The summed E-state index contributed by atoms with van der Waals surface area (Å²) in [4.78, 5) is 10.9. The van der Waals surface area contributed by atoms with Gasteiger partial charge in [0.05, 0.1) is 0 Å². The van der Waals surface area contributed by atoms with Crippen molar-refractivity contribution in [2.45, 2.75) is 27.7 Å². The van der Waals surface area contributed by atoms with Gasteiger partial charge >= 0.3 is 0 Å². The first-order valence-corrected chi connectivity index (χ1v) is 6.55. The van der Waals surface area contributed by atoms with Gasteiger partial charge in [0, 0.05) is 18.7 Å². The van der Waals surface area contributed by atoms with Crippen molar-refractivity contribution in [3.8, 4) is 5.75 Å². The molecule has 1 N–H and O–H groups in total. The Morgan fingerprint density at radius 2 is 1.85 bits per heavy atom. The molecule has 0 aliphatic rings. The maximum absolute atomic E-state index is 10.9. The first-order chi connectivity index (χ1) is 9.47. The number of hydrogen-bond donors (Lipinski definition) is 1. The molecule has 1 rings (SSSR count). The zero-order valence-corrected chi connectivity index (χ0v) is 12.7. The van der Waals surface area contributed by atoms with Gasteiger partial charge < -0.3 is 10.1 Å². The fourth-order valence-electron chi connectivity index (χ4n) is 1.26. The summed E-state index contributed by atoms with van der Waals surface area (Å²) >= 11 is 0. The van der Waals surface area contributed by atoms with Crippen LogP contribution in [0.5, 0.6) is 5.75 Å². The quantitative estimate of drug-likeness (QED) is 0.624. The number of nitrogens with one attached hydrogen (secondary N) is 1. The number of allylic oxidation sites excluding steroid dienone is 3. The highest BCUT2D eigenvalue weighted by Crippen LogP contribution is 2.19. The van der Waals surface area contributed by atoms with E-state index >= 15 is 0 Å². The summed E-state index contributed by atoms with van der Waals surface area (Å²) in [6.45, 7) is 14.9. The van der Waals surface area contributed by atoms with Crippen LogP contribution in [0.25, 0.3) is 0 Å². The van der Waals surface area contributed by atoms with Crippen molar-refractivity contribution in [2.24, 2.45) is 0 Å². The minimum atomic E-state index is -0.117. The number of rotatable bonds is 5. The largest absolute Gasteiger partial charge is 0.458 e. The van der Waals surface area contributed by atoms with Crippen LogP contribution in [-0.4, -0.2) is 5.91 Å². The Morgan fingerprint density at radius 3 is 2.40 bits per heavy atom. The second-order valence-corrected chi connectivity index (χ2v) is 3.96. The van der Waals surface area contributed by atoms with Gasteiger partial charge in [0.15, 0.2) is 0 Å². The highest BCUT2D eigenvalue weighted by Gasteiger charge is 1.99. The maximum Gasteiger partial charge on any atom is 0.221 e. The zero-order chi connectivity index (χ0) is 15.5. The van der Waals surface area contributed by atoms with Gasteiger partial charge in [-0.25, -0.2) is 0 Å². The van der Waals surface area contributed by atoms with E-state index in [9.17, 15) is 4.79 Å². The molecule has 3 nitrogen and oxygen atoms in total. The van der Waals surface area contributed by atoms with E-state index < -0.39 is 0 Å². The Hall–Kier alpha value is -2.29. The molecular weight excluding hydrogens is 250 g/mol. The first kappa shape index (κ1) is 17.7. The zero-order valence-electron chi connectivity index (χ0n) is 12.7. The van der Waals surface area contributed by atoms with E-state index in [-0.39, 0.29) is 5.91 Å². The predicted molar refractivity (Wildman–Crippen MR) is 85.8 cm³/mol. The summed E-state index contributed by atoms with van der Waals surface area (Å²) in [5.74, 6) is 1.02. The van der Waals surface area contributed by atoms with E-state index in [2.05, 4.69) is 18.5 Å². The SMILES string of the molecule is C=C(C)/C=C\C(=C)Oc1cccc(NC(C)=O)c1.CC. The van der Waals surface area contributed by atoms with Crippen molar-refractivity contribution < 1.29 is 9.53 Å². The van der Waals surface area contributed by atoms with Crippen LogP contribution in [0.3, 0.4) is 0 Å². The van der Waals surface area contributed by atoms with Crippen LogP contribution in [-0.2, 0) is 4.79 Å². The molecule has 0 unspecified atom stereocenters. The van der Waals surface area contributed by atoms with Crippen LogP contribution in [0.4, 0.5) is 5.69 Å². The summed E-state index contributed by atoms with van der Waals surface area (Å²) < 4.78 is 5.51. The van der Waals surface area contributed by atoms with Crippen LogP contribution < -0.4 is 10.1 Å². The Labute approximate surface area is 121 Å². The minimum Gasteiger partial charge on any atom is -0.458 e. The van der Waals surface area contributed by atoms with Crippen molar-refractivity contribution in [1.29, 1.82) is 0 Å². The first-order valence-electron chi connectivity index (χ1n) is 6.55. The van der Waals surface area contributed by atoms with Gasteiger partial charge in [-0.05, 0) is 25.1 Å². The van der Waals surface area contributed by atoms with E-state index in [1.807, 2.05) is 26.8 Å². The average molecular weight is 273 g/mol. The molecule has 0 atom stereocenters. The minimum absolute atomic E-state index is 0.117. The van der Waals surface area contributed by atoms with E-state index in [1.54, 1.807) is 30.3 Å². The summed E-state index contributed by atoms with van der Waals surface area (Å²) in [5.41, 5.74) is 1.61. The molecule has 0 saturated carbocycles. The summed E-state index contributed by atoms with van der Waals surface area (Å²) in [7, 11) is 0. The number of anilines is 1. The molecule has 1 aromatic carbocycles. The van der Waals surface area contributed by atoms with E-state index in [0.717, 1.165) is 5.57 Å². The molecule has 3 heteroatoms. The van der Waals surface area contributed by atoms with Crippen LogP contribution in [0.1, 0.15) is 27.7 Å². The Bertz CT molecular complexity index is 501. The van der Waals surface area contributed by atoms with Gasteiger partial charge in [0.1, 0.15) is 11.5 Å². The van der Waals surface area contributed by atoms with Crippen molar-refractivity contribution in [3.05, 3.63) is 60.9 Å². The van der Waals surface area contributed by atoms with Crippen LogP contribution in [0.2, 0.25) is 0 Å². The molecule has 0 heterocycles. The van der Waals surface area contributed by atoms with Crippen molar-refractivity contribution in [2.75, 3.05) is 5.32 Å². The molecule has 0 aliphatic carbocycles. The highest BCUT2D eigenvalue weighted by atomic mass is 16.5. The second kappa shape index (κ2) is 9.62. The van der Waals surface area contributed by atoms with Crippen molar-refractivity contribution in [1.82, 2.24) is 0 Å². The molecule has 0 spiro atoms. The van der Waals surface area contributed by atoms with Crippen LogP contribution >= 0.6 is 0 Å². The predicted octanol–water partition coefficient (Wildman–Crippen LogP) is 4.70. The smallest absolute Gasteiger partial charge is 0.221 e. The lowest BCUT2D eigenvalue weighted by molar-refractivity contribution is -0.114. The van der Waals surface area contributed by atoms with Gasteiger partial charge in [0.2, 0.25) is 5.91 Å². The fraction of sp³-hybridized carbons (Fsp3) is 0.235. The molecule has 1 aromatic rings. The molecular formula is C17H23NO2. The van der Waals surface area contributed by atoms with Crippen LogP contribution in [0, 0.1) is 0 Å². The third-order valence-electron chi connectivity index (χ3n) is 1.96. The van der Waals surface area contributed by atoms with E-state index in [1.165, 1.54) is 6.92 Å². The normalized spacial score (nSPS) is 9.40. The van der Waals surface area contributed by atoms with Crippen LogP contribution in [0.15, 0.2) is 60.9 Å². The summed E-state index contributed by atoms with van der Waals surface area (Å²) in [5, 5.41) is 2.69. The molecule has 0 saturated heterocycles. The number of hydrogen-bond acceptors (Lipinski definition) is 2. The van der Waals surface area contributed by atoms with Gasteiger partial charge in [-0.3, -0.25) is 4.79 Å². The molecule has 1 amide bonds. The Balaban J connectivity index is 0.00000172. The Morgan fingerprint density at radius 1 is 1.20 bits per heavy atom. The number of benzene rings is 1. The Kier molecular flexibility index (Phi) is 8.51. The molecule has 0 aliphatic heterocycles. The number of carbonyl (C=O) groups excluding carboxylic acids is 1. The monoisotopic (exact) mass is 273 g/mol. The van der Waals surface area contributed by atoms with Gasteiger partial charge in [-0.1, -0.05) is 44.7 Å². The summed E-state index contributed by atoms with van der Waals surface area (Å²) in [6, 6.07) is 7.13. The second-order valence-electron chi connectivity index (χ2n) is 3.96. The molecule has 0 bridgehead atoms. The molecule has 20 heavy (non-hydrogen) atoms. The van der Waals surface area contributed by atoms with Gasteiger partial charge in [-0.15, -0.1) is 0 Å². The topological polar surface area (TPSA) is 38.3 Å². The fourth-order valence-corrected chi connectivity index (χ4v) is 1.26. The third-order valence-corrected chi connectivity index (χ3v) is 1.96. The average Bonchev–Trinajstić information content (AvgIpc) is 2.38. The molecule has 0 radical (unpaired) electrons. The van der Waals surface area contributed by atoms with Crippen molar-refractivity contribution >= 4 is 11.6 Å². The molecule has 108 valence electrons. The number of amides is 1. The molecule has 0 aromatic heterocycles. The standard InChI is InChI=1S/C15H17NO2.C2H6/c1-11(2)8-9-12(3)18-15-7-5-6-14(10-15)16-13(4)17;1-2/h5-10H,1,3H2,2,4H3,(H,16,17);1-2H3/b9-8-;. The number of ether oxygens (including phenoxy) is 1. The highest BCUT2D eigenvalue weighted by molar-refractivity contribution is 5.88. The lowest BCUT2D eigenvalue weighted by atomic mass is 10.3. The molecule has 0 fully saturated rings. The van der Waals surface area contributed by atoms with Crippen molar-refractivity contribution in [3.63, 3.8) is 0 Å².